The van der Waals surface area contributed by atoms with E-state index in [1.54, 1.807) is 13.8 Å². The van der Waals surface area contributed by atoms with Gasteiger partial charge in [-0.05, 0) is 13.8 Å². The van der Waals surface area contributed by atoms with Crippen molar-refractivity contribution in [3.05, 3.63) is 0 Å². The molecule has 0 aromatic rings. The Labute approximate surface area is 86.1 Å². The van der Waals surface area contributed by atoms with Crippen molar-refractivity contribution in [1.82, 2.24) is 0 Å². The predicted octanol–water partition coefficient (Wildman–Crippen LogP) is -0.851. The summed E-state index contributed by atoms with van der Waals surface area (Å²) in [5, 5.41) is 9.44. The molecule has 0 spiro atoms. The van der Waals surface area contributed by atoms with Crippen LogP contribution < -0.4 is 0 Å². The average molecular weight is 216 g/mol. The Bertz CT molecular complexity index is 314. The first-order valence-electron chi connectivity index (χ1n) is 4.88. The number of fused-ring (bicyclic) bond motifs is 3. The van der Waals surface area contributed by atoms with Crippen molar-refractivity contribution in [3.8, 4) is 0 Å². The number of aliphatic hydroxyl groups is 1. The van der Waals surface area contributed by atoms with E-state index in [1.165, 1.54) is 0 Å². The van der Waals surface area contributed by atoms with Gasteiger partial charge < -0.3 is 24.1 Å². The zero-order valence-corrected chi connectivity index (χ0v) is 8.38. The average Bonchev–Trinajstić information content (AvgIpc) is 2.66. The van der Waals surface area contributed by atoms with Crippen LogP contribution in [0.3, 0.4) is 0 Å². The monoisotopic (exact) mass is 216 g/mol. The summed E-state index contributed by atoms with van der Waals surface area (Å²) in [6.07, 6.45) is -3.44. The predicted molar refractivity (Wildman–Crippen MR) is 44.6 cm³/mol. The Balaban J connectivity index is 1.83. The molecule has 0 bridgehead atoms. The van der Waals surface area contributed by atoms with Crippen molar-refractivity contribution < 1.29 is 28.8 Å². The van der Waals surface area contributed by atoms with Crippen LogP contribution in [0.2, 0.25) is 0 Å². The van der Waals surface area contributed by atoms with Crippen LogP contribution in [-0.4, -0.2) is 47.6 Å². The van der Waals surface area contributed by atoms with Gasteiger partial charge in [-0.1, -0.05) is 0 Å². The molecule has 0 amide bonds. The maximum absolute atomic E-state index is 11.1. The lowest BCUT2D eigenvalue weighted by Gasteiger charge is -2.20. The highest BCUT2D eigenvalue weighted by Gasteiger charge is 2.62. The van der Waals surface area contributed by atoms with E-state index < -0.39 is 42.5 Å². The topological polar surface area (TPSA) is 74.2 Å². The zero-order chi connectivity index (χ0) is 10.8. The van der Waals surface area contributed by atoms with Gasteiger partial charge in [0, 0.05) is 0 Å². The minimum atomic E-state index is -1.23. The SMILES string of the molecule is CC1(C)O[C@@H]2O[C@H]3[C@@H](OC(=O)[C@H]3O)[C@H]2O1. The van der Waals surface area contributed by atoms with Crippen molar-refractivity contribution in [3.63, 3.8) is 0 Å². The molecule has 0 aliphatic carbocycles. The van der Waals surface area contributed by atoms with Gasteiger partial charge in [-0.25, -0.2) is 4.79 Å². The summed E-state index contributed by atoms with van der Waals surface area (Å²) in [5.74, 6) is -1.39. The first-order valence-corrected chi connectivity index (χ1v) is 4.88. The molecule has 3 fully saturated rings. The van der Waals surface area contributed by atoms with Crippen molar-refractivity contribution >= 4 is 5.97 Å². The van der Waals surface area contributed by atoms with Crippen LogP contribution in [0, 0.1) is 0 Å². The van der Waals surface area contributed by atoms with Gasteiger partial charge in [-0.2, -0.15) is 0 Å². The van der Waals surface area contributed by atoms with Gasteiger partial charge in [0.05, 0.1) is 0 Å². The molecular formula is C9H12O6. The van der Waals surface area contributed by atoms with Crippen LogP contribution in [0.1, 0.15) is 13.8 Å². The van der Waals surface area contributed by atoms with Gasteiger partial charge in [0.15, 0.2) is 30.4 Å². The number of rotatable bonds is 0. The largest absolute Gasteiger partial charge is 0.454 e. The Morgan fingerprint density at radius 3 is 2.67 bits per heavy atom. The van der Waals surface area contributed by atoms with Crippen LogP contribution in [0.4, 0.5) is 0 Å². The lowest BCUT2D eigenvalue weighted by atomic mass is 10.1. The molecule has 0 radical (unpaired) electrons. The van der Waals surface area contributed by atoms with E-state index in [0.717, 1.165) is 0 Å². The second kappa shape index (κ2) is 2.70. The van der Waals surface area contributed by atoms with E-state index in [1.807, 2.05) is 0 Å². The second-order valence-corrected chi connectivity index (χ2v) is 4.42. The van der Waals surface area contributed by atoms with E-state index in [9.17, 15) is 9.90 Å². The minimum Gasteiger partial charge on any atom is -0.454 e. The quantitative estimate of drug-likeness (QED) is 0.532. The summed E-state index contributed by atoms with van der Waals surface area (Å²) in [4.78, 5) is 11.1. The number of hydrogen-bond donors (Lipinski definition) is 1. The van der Waals surface area contributed by atoms with E-state index in [2.05, 4.69) is 0 Å². The van der Waals surface area contributed by atoms with Gasteiger partial charge in [0.25, 0.3) is 0 Å². The Morgan fingerprint density at radius 1 is 1.20 bits per heavy atom. The molecule has 15 heavy (non-hydrogen) atoms. The third-order valence-corrected chi connectivity index (χ3v) is 2.83. The molecule has 3 saturated heterocycles. The Morgan fingerprint density at radius 2 is 1.93 bits per heavy atom. The summed E-state index contributed by atoms with van der Waals surface area (Å²) < 4.78 is 21.4. The second-order valence-electron chi connectivity index (χ2n) is 4.42. The maximum atomic E-state index is 11.1. The van der Waals surface area contributed by atoms with Crippen LogP contribution in [0.25, 0.3) is 0 Å². The highest BCUT2D eigenvalue weighted by molar-refractivity contribution is 5.78. The molecule has 0 aromatic carbocycles. The molecule has 6 heteroatoms. The first-order chi connectivity index (χ1) is 6.98. The van der Waals surface area contributed by atoms with Crippen LogP contribution in [-0.2, 0) is 23.7 Å². The van der Waals surface area contributed by atoms with Crippen molar-refractivity contribution in [2.75, 3.05) is 0 Å². The van der Waals surface area contributed by atoms with Gasteiger partial charge in [0.2, 0.25) is 0 Å². The van der Waals surface area contributed by atoms with Gasteiger partial charge in [-0.3, -0.25) is 0 Å². The molecular weight excluding hydrogens is 204 g/mol. The molecule has 3 heterocycles. The highest BCUT2D eigenvalue weighted by atomic mass is 16.8. The smallest absolute Gasteiger partial charge is 0.338 e. The van der Waals surface area contributed by atoms with Crippen molar-refractivity contribution in [2.45, 2.75) is 50.3 Å². The summed E-state index contributed by atoms with van der Waals surface area (Å²) >= 11 is 0. The standard InChI is InChI=1S/C9H12O6/c1-9(2)14-6-5-4(13-8(6)15-9)3(10)7(11)12-5/h3-6,8,10H,1-2H3/t3-,4+,5+,6+,8-/m0/s1. The van der Waals surface area contributed by atoms with Crippen LogP contribution in [0.5, 0.6) is 0 Å². The molecule has 0 aromatic heterocycles. The molecule has 84 valence electrons. The highest BCUT2D eigenvalue weighted by Crippen LogP contribution is 2.42. The molecule has 6 nitrogen and oxygen atoms in total. The lowest BCUT2D eigenvalue weighted by Crippen LogP contribution is -2.35. The fourth-order valence-electron chi connectivity index (χ4n) is 2.23. The zero-order valence-electron chi connectivity index (χ0n) is 8.38. The molecule has 3 rings (SSSR count). The van der Waals surface area contributed by atoms with E-state index in [4.69, 9.17) is 18.9 Å². The number of hydrogen-bond acceptors (Lipinski definition) is 6. The third kappa shape index (κ3) is 1.22. The fourth-order valence-corrected chi connectivity index (χ4v) is 2.23. The van der Waals surface area contributed by atoms with Crippen LogP contribution >= 0.6 is 0 Å². The number of aliphatic hydroxyl groups excluding tert-OH is 1. The molecule has 3 aliphatic rings. The summed E-state index contributed by atoms with van der Waals surface area (Å²) in [6.45, 7) is 3.52. The molecule has 5 atom stereocenters. The number of carbonyl (C=O) groups is 1. The lowest BCUT2D eigenvalue weighted by molar-refractivity contribution is -0.214. The number of ether oxygens (including phenoxy) is 4. The van der Waals surface area contributed by atoms with Gasteiger partial charge in [-0.15, -0.1) is 0 Å². The summed E-state index contributed by atoms with van der Waals surface area (Å²) in [5.41, 5.74) is 0. The van der Waals surface area contributed by atoms with Crippen molar-refractivity contribution in [2.24, 2.45) is 0 Å². The minimum absolute atomic E-state index is 0.439. The molecule has 0 saturated carbocycles. The first kappa shape index (κ1) is 9.53. The number of esters is 1. The van der Waals surface area contributed by atoms with E-state index >= 15 is 0 Å². The summed E-state index contributed by atoms with van der Waals surface area (Å²) in [6, 6.07) is 0. The maximum Gasteiger partial charge on any atom is 0.338 e. The fraction of sp³-hybridized carbons (Fsp3) is 0.889. The van der Waals surface area contributed by atoms with Crippen molar-refractivity contribution in [1.29, 1.82) is 0 Å². The Kier molecular flexibility index (Phi) is 1.72. The molecule has 0 unspecified atom stereocenters. The number of carbonyl (C=O) groups excluding carboxylic acids is 1. The third-order valence-electron chi connectivity index (χ3n) is 2.83. The van der Waals surface area contributed by atoms with Crippen LogP contribution in [0.15, 0.2) is 0 Å². The van der Waals surface area contributed by atoms with Gasteiger partial charge in [0.1, 0.15) is 6.10 Å². The normalized spacial score (nSPS) is 51.4. The van der Waals surface area contributed by atoms with Gasteiger partial charge >= 0.3 is 5.97 Å². The Hall–Kier alpha value is -0.690. The van der Waals surface area contributed by atoms with E-state index in [-0.39, 0.29) is 0 Å². The molecule has 3 aliphatic heterocycles. The summed E-state index contributed by atoms with van der Waals surface area (Å²) in [7, 11) is 0. The van der Waals surface area contributed by atoms with E-state index in [0.29, 0.717) is 0 Å². The molecule has 1 N–H and O–H groups in total.